The van der Waals surface area contributed by atoms with Gasteiger partial charge in [0.15, 0.2) is 0 Å². The highest BCUT2D eigenvalue weighted by Crippen LogP contribution is 2.21. The van der Waals surface area contributed by atoms with Gasteiger partial charge in [0.05, 0.1) is 23.9 Å². The molecular weight excluding hydrogens is 502 g/mol. The van der Waals surface area contributed by atoms with Gasteiger partial charge in [-0.05, 0) is 47.9 Å². The van der Waals surface area contributed by atoms with E-state index in [1.165, 1.54) is 17.6 Å². The number of rotatable bonds is 7. The summed E-state index contributed by atoms with van der Waals surface area (Å²) in [6, 6.07) is 15.7. The molecule has 0 aliphatic rings. The zero-order valence-electron chi connectivity index (χ0n) is 16.3. The number of thiophene rings is 1. The summed E-state index contributed by atoms with van der Waals surface area (Å²) in [5.74, 6) is -0.484. The van der Waals surface area contributed by atoms with Crippen molar-refractivity contribution in [1.82, 2.24) is 10.7 Å². The Balaban J connectivity index is 1.80. The van der Waals surface area contributed by atoms with Crippen LogP contribution in [0.15, 0.2) is 75.2 Å². The molecule has 1 aromatic heterocycles. The Labute approximate surface area is 196 Å². The summed E-state index contributed by atoms with van der Waals surface area (Å²) in [6.07, 6.45) is 3.03. The average Bonchev–Trinajstić information content (AvgIpc) is 3.27. The summed E-state index contributed by atoms with van der Waals surface area (Å²) in [5, 5.41) is 8.78. The summed E-state index contributed by atoms with van der Waals surface area (Å²) in [6.45, 7) is 0. The van der Waals surface area contributed by atoms with Crippen LogP contribution in [0.25, 0.3) is 6.08 Å². The minimum Gasteiger partial charge on any atom is -0.496 e. The maximum absolute atomic E-state index is 12.8. The lowest BCUT2D eigenvalue weighted by Crippen LogP contribution is -2.33. The molecule has 0 fully saturated rings. The van der Waals surface area contributed by atoms with Crippen LogP contribution >= 0.6 is 38.9 Å². The smallest absolute Gasteiger partial charge is 0.287 e. The van der Waals surface area contributed by atoms with Crippen molar-refractivity contribution in [2.24, 2.45) is 5.10 Å². The first kappa shape index (κ1) is 22.7. The zero-order valence-corrected chi connectivity index (χ0v) is 19.4. The van der Waals surface area contributed by atoms with E-state index in [9.17, 15) is 9.59 Å². The number of carbonyl (C=O) groups excluding carboxylic acids is 2. The molecule has 0 aliphatic carbocycles. The Hall–Kier alpha value is -2.94. The van der Waals surface area contributed by atoms with Gasteiger partial charge in [0.2, 0.25) is 0 Å². The fourth-order valence-corrected chi connectivity index (χ4v) is 3.79. The number of nitrogens with one attached hydrogen (secondary N) is 2. The number of hydrogen-bond acceptors (Lipinski definition) is 5. The van der Waals surface area contributed by atoms with Crippen molar-refractivity contribution in [2.45, 2.75) is 0 Å². The van der Waals surface area contributed by atoms with Crippen LogP contribution in [0.4, 0.5) is 0 Å². The first-order chi connectivity index (χ1) is 15.0. The van der Waals surface area contributed by atoms with Crippen LogP contribution in [-0.4, -0.2) is 25.1 Å². The van der Waals surface area contributed by atoms with Crippen molar-refractivity contribution >= 4 is 63.0 Å². The second-order valence-electron chi connectivity index (χ2n) is 6.09. The number of amides is 2. The largest absolute Gasteiger partial charge is 0.496 e. The Kier molecular flexibility index (Phi) is 8.00. The molecule has 0 atom stereocenters. The molecule has 31 heavy (non-hydrogen) atoms. The molecule has 2 amide bonds. The highest BCUT2D eigenvalue weighted by atomic mass is 79.9. The SMILES string of the molecule is COc1ccc(Br)cc1C=NNC(=O)C(=Cc1cccs1)NC(=O)c1ccccc1Cl. The molecule has 6 nitrogen and oxygen atoms in total. The topological polar surface area (TPSA) is 79.8 Å². The number of hydrazone groups is 1. The van der Waals surface area contributed by atoms with Gasteiger partial charge in [0.25, 0.3) is 11.8 Å². The molecule has 0 unspecified atom stereocenters. The molecule has 0 radical (unpaired) electrons. The molecular formula is C22H17BrClN3O3S. The molecule has 3 aromatic rings. The Bertz CT molecular complexity index is 1150. The van der Waals surface area contributed by atoms with E-state index in [1.54, 1.807) is 49.6 Å². The van der Waals surface area contributed by atoms with E-state index in [0.717, 1.165) is 9.35 Å². The monoisotopic (exact) mass is 517 g/mol. The van der Waals surface area contributed by atoms with Crippen LogP contribution in [0.5, 0.6) is 5.75 Å². The lowest BCUT2D eigenvalue weighted by Gasteiger charge is -2.10. The van der Waals surface area contributed by atoms with Gasteiger partial charge in [-0.15, -0.1) is 11.3 Å². The van der Waals surface area contributed by atoms with E-state index in [1.807, 2.05) is 23.6 Å². The predicted molar refractivity (Wildman–Crippen MR) is 128 cm³/mol. The number of carbonyl (C=O) groups is 2. The van der Waals surface area contributed by atoms with Gasteiger partial charge in [-0.3, -0.25) is 9.59 Å². The lowest BCUT2D eigenvalue weighted by atomic mass is 10.2. The molecule has 0 bridgehead atoms. The fourth-order valence-electron chi connectivity index (χ4n) is 2.54. The Morgan fingerprint density at radius 1 is 1.16 bits per heavy atom. The molecule has 158 valence electrons. The highest BCUT2D eigenvalue weighted by molar-refractivity contribution is 9.10. The molecule has 0 saturated carbocycles. The summed E-state index contributed by atoms with van der Waals surface area (Å²) >= 11 is 10.9. The van der Waals surface area contributed by atoms with Crippen LogP contribution in [-0.2, 0) is 4.79 Å². The normalized spacial score (nSPS) is 11.4. The fraction of sp³-hybridized carbons (Fsp3) is 0.0455. The quantitative estimate of drug-likeness (QED) is 0.260. The number of methoxy groups -OCH3 is 1. The Morgan fingerprint density at radius 3 is 2.68 bits per heavy atom. The average molecular weight is 519 g/mol. The maximum atomic E-state index is 12.8. The number of halogens is 2. The first-order valence-corrected chi connectivity index (χ1v) is 11.0. The van der Waals surface area contributed by atoms with E-state index in [-0.39, 0.29) is 16.3 Å². The molecule has 2 N–H and O–H groups in total. The van der Waals surface area contributed by atoms with Crippen LogP contribution < -0.4 is 15.5 Å². The summed E-state index contributed by atoms with van der Waals surface area (Å²) < 4.78 is 6.12. The lowest BCUT2D eigenvalue weighted by molar-refractivity contribution is -0.117. The summed E-state index contributed by atoms with van der Waals surface area (Å²) in [4.78, 5) is 26.2. The van der Waals surface area contributed by atoms with E-state index in [4.69, 9.17) is 16.3 Å². The third kappa shape index (κ3) is 6.27. The number of benzene rings is 2. The van der Waals surface area contributed by atoms with E-state index >= 15 is 0 Å². The van der Waals surface area contributed by atoms with E-state index in [2.05, 4.69) is 31.8 Å². The van der Waals surface area contributed by atoms with Crippen molar-refractivity contribution in [1.29, 1.82) is 0 Å². The first-order valence-electron chi connectivity index (χ1n) is 8.96. The minimum absolute atomic E-state index is 0.0331. The van der Waals surface area contributed by atoms with Crippen molar-refractivity contribution in [2.75, 3.05) is 7.11 Å². The van der Waals surface area contributed by atoms with Gasteiger partial charge in [0.1, 0.15) is 11.4 Å². The standard InChI is InChI=1S/C22H17BrClN3O3S/c1-30-20-9-8-15(23)11-14(20)13-25-27-22(29)19(12-16-5-4-10-31-16)26-21(28)17-6-2-3-7-18(17)24/h2-13H,1H3,(H,26,28)(H,27,29). The molecule has 1 heterocycles. The molecule has 2 aromatic carbocycles. The van der Waals surface area contributed by atoms with E-state index in [0.29, 0.717) is 11.3 Å². The van der Waals surface area contributed by atoms with Crippen LogP contribution in [0.2, 0.25) is 5.02 Å². The van der Waals surface area contributed by atoms with Crippen molar-refractivity contribution in [3.05, 3.63) is 91.2 Å². The predicted octanol–water partition coefficient (Wildman–Crippen LogP) is 5.09. The molecule has 0 aliphatic heterocycles. The number of nitrogens with zero attached hydrogens (tertiary/aromatic N) is 1. The van der Waals surface area contributed by atoms with Crippen LogP contribution in [0.3, 0.4) is 0 Å². The number of hydrogen-bond donors (Lipinski definition) is 2. The minimum atomic E-state index is -0.584. The second-order valence-corrected chi connectivity index (χ2v) is 8.39. The number of ether oxygens (including phenoxy) is 1. The van der Waals surface area contributed by atoms with Gasteiger partial charge >= 0.3 is 0 Å². The van der Waals surface area contributed by atoms with Gasteiger partial charge in [0, 0.05) is 14.9 Å². The molecule has 0 spiro atoms. The van der Waals surface area contributed by atoms with Crippen molar-refractivity contribution in [3.8, 4) is 5.75 Å². The molecule has 3 rings (SSSR count). The molecule has 0 saturated heterocycles. The van der Waals surface area contributed by atoms with Gasteiger partial charge in [-0.1, -0.05) is 45.7 Å². The third-order valence-electron chi connectivity index (χ3n) is 4.00. The molecule has 9 heteroatoms. The second kappa shape index (κ2) is 10.9. The van der Waals surface area contributed by atoms with Crippen molar-refractivity contribution in [3.63, 3.8) is 0 Å². The third-order valence-corrected chi connectivity index (χ3v) is 5.64. The van der Waals surface area contributed by atoms with E-state index < -0.39 is 11.8 Å². The maximum Gasteiger partial charge on any atom is 0.287 e. The zero-order chi connectivity index (χ0) is 22.2. The van der Waals surface area contributed by atoms with Gasteiger partial charge < -0.3 is 10.1 Å². The van der Waals surface area contributed by atoms with Crippen molar-refractivity contribution < 1.29 is 14.3 Å². The highest BCUT2D eigenvalue weighted by Gasteiger charge is 2.16. The van der Waals surface area contributed by atoms with Gasteiger partial charge in [-0.25, -0.2) is 5.43 Å². The Morgan fingerprint density at radius 2 is 1.97 bits per heavy atom. The summed E-state index contributed by atoms with van der Waals surface area (Å²) in [5.41, 5.74) is 3.40. The van der Waals surface area contributed by atoms with Crippen LogP contribution in [0.1, 0.15) is 20.8 Å². The van der Waals surface area contributed by atoms with Crippen LogP contribution in [0, 0.1) is 0 Å². The summed E-state index contributed by atoms with van der Waals surface area (Å²) in [7, 11) is 1.55. The van der Waals surface area contributed by atoms with Gasteiger partial charge in [-0.2, -0.15) is 5.10 Å².